The molecule has 0 bridgehead atoms. The van der Waals surface area contributed by atoms with E-state index in [9.17, 15) is 14.4 Å². The van der Waals surface area contributed by atoms with Crippen molar-refractivity contribution in [3.8, 4) is 0 Å². The van der Waals surface area contributed by atoms with Crippen molar-refractivity contribution in [1.29, 1.82) is 0 Å². The lowest BCUT2D eigenvalue weighted by Gasteiger charge is -2.46. The number of benzene rings is 1. The van der Waals surface area contributed by atoms with Crippen LogP contribution in [0.2, 0.25) is 0 Å². The van der Waals surface area contributed by atoms with Crippen LogP contribution in [-0.4, -0.2) is 23.5 Å². The summed E-state index contributed by atoms with van der Waals surface area (Å²) in [6.07, 6.45) is 3.21. The topological polar surface area (TPSA) is 99.3 Å². The Balaban J connectivity index is 1.57. The summed E-state index contributed by atoms with van der Waals surface area (Å²) in [6, 6.07) is 6.63. The Morgan fingerprint density at radius 1 is 1.19 bits per heavy atom. The molecule has 1 saturated carbocycles. The third-order valence-electron chi connectivity index (χ3n) is 5.74. The van der Waals surface area contributed by atoms with Gasteiger partial charge in [-0.1, -0.05) is 38.1 Å². The highest BCUT2D eigenvalue weighted by molar-refractivity contribution is 6.07. The van der Waals surface area contributed by atoms with Gasteiger partial charge in [0.25, 0.3) is 5.91 Å². The van der Waals surface area contributed by atoms with Gasteiger partial charge in [-0.3, -0.25) is 10.1 Å². The second kappa shape index (κ2) is 6.63. The zero-order chi connectivity index (χ0) is 18.9. The van der Waals surface area contributed by atoms with E-state index in [1.807, 2.05) is 12.1 Å². The summed E-state index contributed by atoms with van der Waals surface area (Å²) in [5.41, 5.74) is 0.483. The van der Waals surface area contributed by atoms with Crippen LogP contribution >= 0.6 is 0 Å². The number of hydrogen-bond donors (Lipinski definition) is 4. The molecular weight excluding hydrogens is 332 g/mol. The van der Waals surface area contributed by atoms with Gasteiger partial charge >= 0.3 is 12.1 Å². The zero-order valence-corrected chi connectivity index (χ0v) is 15.4. The van der Waals surface area contributed by atoms with E-state index in [-0.39, 0.29) is 17.5 Å². The van der Waals surface area contributed by atoms with Crippen molar-refractivity contribution < 1.29 is 14.4 Å². The molecule has 26 heavy (non-hydrogen) atoms. The molecule has 5 amide bonds. The summed E-state index contributed by atoms with van der Waals surface area (Å²) >= 11 is 0. The van der Waals surface area contributed by atoms with Crippen LogP contribution in [0.1, 0.15) is 51.2 Å². The van der Waals surface area contributed by atoms with Crippen LogP contribution in [0.4, 0.5) is 9.59 Å². The number of carbonyl (C=O) groups excluding carboxylic acids is 3. The minimum Gasteiger partial charge on any atom is -0.334 e. The van der Waals surface area contributed by atoms with Crippen molar-refractivity contribution in [2.45, 2.75) is 57.7 Å². The fraction of sp³-hybridized carbons (Fsp3) is 0.526. The molecule has 1 saturated heterocycles. The van der Waals surface area contributed by atoms with Crippen LogP contribution < -0.4 is 21.3 Å². The molecule has 140 valence electrons. The minimum atomic E-state index is -1.06. The molecule has 1 aliphatic heterocycles. The third-order valence-corrected chi connectivity index (χ3v) is 5.74. The normalized spacial score (nSPS) is 23.8. The molecule has 4 N–H and O–H groups in total. The summed E-state index contributed by atoms with van der Waals surface area (Å²) in [6.45, 7) is 6.33. The maximum absolute atomic E-state index is 12.2. The van der Waals surface area contributed by atoms with Gasteiger partial charge in [-0.25, -0.2) is 9.59 Å². The molecule has 0 radical (unpaired) electrons. The standard InChI is InChI=1S/C19H26N4O3/c1-12(2)19(9-4-10-19)23-16(25)20-11-13-5-7-14(8-6-13)18(3)15(24)21-17(26)22-18/h5-8,12H,4,9-11H2,1-3H3,(H2,20,23,25)(H2,21,22,24,26). The van der Waals surface area contributed by atoms with Gasteiger partial charge in [-0.2, -0.15) is 0 Å². The molecule has 7 heteroatoms. The molecule has 1 aromatic rings. The van der Waals surface area contributed by atoms with Crippen LogP contribution in [0.5, 0.6) is 0 Å². The van der Waals surface area contributed by atoms with Crippen LogP contribution in [0.3, 0.4) is 0 Å². The Labute approximate surface area is 153 Å². The van der Waals surface area contributed by atoms with E-state index in [0.29, 0.717) is 18.0 Å². The Bertz CT molecular complexity index is 725. The fourth-order valence-electron chi connectivity index (χ4n) is 3.56. The molecule has 3 rings (SSSR count). The third kappa shape index (κ3) is 3.25. The first-order valence-electron chi connectivity index (χ1n) is 9.04. The smallest absolute Gasteiger partial charge is 0.322 e. The number of hydrogen-bond acceptors (Lipinski definition) is 3. The average molecular weight is 358 g/mol. The number of amides is 5. The van der Waals surface area contributed by atoms with Gasteiger partial charge in [0.2, 0.25) is 0 Å². The average Bonchev–Trinajstić information content (AvgIpc) is 2.82. The molecule has 1 aromatic carbocycles. The van der Waals surface area contributed by atoms with Crippen LogP contribution in [0.25, 0.3) is 0 Å². The van der Waals surface area contributed by atoms with E-state index in [1.165, 1.54) is 0 Å². The zero-order valence-electron chi connectivity index (χ0n) is 15.4. The number of nitrogens with one attached hydrogen (secondary N) is 4. The second-order valence-corrected chi connectivity index (χ2v) is 7.70. The highest BCUT2D eigenvalue weighted by Gasteiger charge is 2.43. The largest absolute Gasteiger partial charge is 0.334 e. The molecule has 1 unspecified atom stereocenters. The first-order valence-corrected chi connectivity index (χ1v) is 9.04. The van der Waals surface area contributed by atoms with Gasteiger partial charge in [0.05, 0.1) is 0 Å². The van der Waals surface area contributed by atoms with Gasteiger partial charge in [0, 0.05) is 12.1 Å². The molecule has 1 heterocycles. The van der Waals surface area contributed by atoms with E-state index in [1.54, 1.807) is 19.1 Å². The maximum Gasteiger partial charge on any atom is 0.322 e. The SMILES string of the molecule is CC(C)C1(NC(=O)NCc2ccc(C3(C)NC(=O)NC3=O)cc2)CCC1. The molecule has 0 aromatic heterocycles. The molecule has 2 aliphatic rings. The number of carbonyl (C=O) groups is 3. The predicted octanol–water partition coefficient (Wildman–Crippen LogP) is 2.12. The van der Waals surface area contributed by atoms with E-state index in [4.69, 9.17) is 0 Å². The van der Waals surface area contributed by atoms with Crippen molar-refractivity contribution in [3.63, 3.8) is 0 Å². The number of imide groups is 1. The van der Waals surface area contributed by atoms with E-state index < -0.39 is 11.6 Å². The molecule has 1 atom stereocenters. The summed E-state index contributed by atoms with van der Waals surface area (Å²) in [7, 11) is 0. The number of urea groups is 2. The Hall–Kier alpha value is -2.57. The highest BCUT2D eigenvalue weighted by Crippen LogP contribution is 2.38. The van der Waals surface area contributed by atoms with Crippen molar-refractivity contribution >= 4 is 18.0 Å². The van der Waals surface area contributed by atoms with Crippen molar-refractivity contribution in [1.82, 2.24) is 21.3 Å². The monoisotopic (exact) mass is 358 g/mol. The van der Waals surface area contributed by atoms with E-state index in [0.717, 1.165) is 24.8 Å². The first-order chi connectivity index (χ1) is 12.2. The van der Waals surface area contributed by atoms with Gasteiger partial charge in [-0.15, -0.1) is 0 Å². The van der Waals surface area contributed by atoms with Crippen molar-refractivity contribution in [3.05, 3.63) is 35.4 Å². The first kappa shape index (κ1) is 18.2. The Morgan fingerprint density at radius 3 is 2.31 bits per heavy atom. The molecule has 1 aliphatic carbocycles. The predicted molar refractivity (Wildman–Crippen MR) is 97.3 cm³/mol. The molecule has 0 spiro atoms. The van der Waals surface area contributed by atoms with Gasteiger partial charge in [0.1, 0.15) is 5.54 Å². The lowest BCUT2D eigenvalue weighted by molar-refractivity contribution is -0.123. The van der Waals surface area contributed by atoms with E-state index in [2.05, 4.69) is 35.1 Å². The summed E-state index contributed by atoms with van der Waals surface area (Å²) in [4.78, 5) is 35.6. The minimum absolute atomic E-state index is 0.0728. The Morgan fingerprint density at radius 2 is 1.85 bits per heavy atom. The number of rotatable bonds is 5. The summed E-state index contributed by atoms with van der Waals surface area (Å²) in [5, 5.41) is 10.9. The molecular formula is C19H26N4O3. The van der Waals surface area contributed by atoms with Crippen LogP contribution in [0.15, 0.2) is 24.3 Å². The van der Waals surface area contributed by atoms with Gasteiger partial charge < -0.3 is 16.0 Å². The summed E-state index contributed by atoms with van der Waals surface area (Å²) in [5.74, 6) is 0.0435. The quantitative estimate of drug-likeness (QED) is 0.607. The van der Waals surface area contributed by atoms with Crippen LogP contribution in [0, 0.1) is 5.92 Å². The van der Waals surface area contributed by atoms with E-state index >= 15 is 0 Å². The molecule has 2 fully saturated rings. The fourth-order valence-corrected chi connectivity index (χ4v) is 3.56. The van der Waals surface area contributed by atoms with Gasteiger partial charge in [-0.05, 0) is 43.2 Å². The lowest BCUT2D eigenvalue weighted by Crippen LogP contribution is -2.59. The Kier molecular flexibility index (Phi) is 4.64. The molecule has 7 nitrogen and oxygen atoms in total. The lowest BCUT2D eigenvalue weighted by atomic mass is 9.69. The highest BCUT2D eigenvalue weighted by atomic mass is 16.2. The van der Waals surface area contributed by atoms with Crippen LogP contribution in [-0.2, 0) is 16.9 Å². The van der Waals surface area contributed by atoms with Gasteiger partial charge in [0.15, 0.2) is 0 Å². The van der Waals surface area contributed by atoms with Crippen molar-refractivity contribution in [2.75, 3.05) is 0 Å². The summed E-state index contributed by atoms with van der Waals surface area (Å²) < 4.78 is 0. The maximum atomic E-state index is 12.2. The second-order valence-electron chi connectivity index (χ2n) is 7.70. The van der Waals surface area contributed by atoms with Crippen molar-refractivity contribution in [2.24, 2.45) is 5.92 Å².